The fraction of sp³-hybridized carbons (Fsp3) is 0.483. The first-order chi connectivity index (χ1) is 18.8. The van der Waals surface area contributed by atoms with E-state index in [0.717, 1.165) is 5.56 Å². The van der Waals surface area contributed by atoms with Gasteiger partial charge in [0.15, 0.2) is 5.78 Å². The number of rotatable bonds is 10. The first-order valence-electron chi connectivity index (χ1n) is 13.8. The number of aliphatic hydroxyl groups is 1. The third-order valence-electron chi connectivity index (χ3n) is 8.70. The molecular formula is C29H38BN3O7. The van der Waals surface area contributed by atoms with Crippen LogP contribution in [0, 0.1) is 5.92 Å². The summed E-state index contributed by atoms with van der Waals surface area (Å²) in [6.07, 6.45) is -0.950. The molecule has 2 unspecified atom stereocenters. The SMILES string of the molecule is CC(C)C[C@H](CC(=O)[C@@H](NC(=O)c1cccc(-c2ccccc2)n1)[C@@H](C)O)[B-]12OC(=O)[C@@H](C)[N+]1(C)[C@@H](C)C(=O)O2. The smallest absolute Gasteiger partial charge is 0.587 e. The van der Waals surface area contributed by atoms with Crippen LogP contribution in [0.15, 0.2) is 48.5 Å². The fourth-order valence-corrected chi connectivity index (χ4v) is 6.25. The number of quaternary nitrogens is 1. The number of fused-ring (bicyclic) bond motifs is 1. The lowest BCUT2D eigenvalue weighted by atomic mass is 9.51. The third-order valence-corrected chi connectivity index (χ3v) is 8.70. The Labute approximate surface area is 234 Å². The number of carbonyl (C=O) groups excluding carboxylic acids is 4. The van der Waals surface area contributed by atoms with Gasteiger partial charge in [-0.2, -0.15) is 0 Å². The van der Waals surface area contributed by atoms with E-state index in [9.17, 15) is 24.3 Å². The molecule has 2 saturated heterocycles. The van der Waals surface area contributed by atoms with E-state index in [1.165, 1.54) is 13.0 Å². The standard InChI is InChI=1S/C29H38BN3O7/c1-17(2)15-22(30-33(6,18(3)28(37)39-30)19(4)29(38)40-30)16-25(35)26(20(5)34)32-27(36)24-14-10-13-23(31-24)21-11-8-7-9-12-21/h7-14,17-20,22,26,34H,15-16H2,1-6H3,(H,32,36)/t18-,19+,20-,22-,26+,30?,33?/m1/s1. The van der Waals surface area contributed by atoms with Crippen LogP contribution in [-0.2, 0) is 23.7 Å². The van der Waals surface area contributed by atoms with E-state index in [4.69, 9.17) is 9.31 Å². The van der Waals surface area contributed by atoms with Gasteiger partial charge in [-0.25, -0.2) is 14.6 Å². The number of nitrogens with one attached hydrogen (secondary N) is 1. The second kappa shape index (κ2) is 11.1. The molecule has 2 aliphatic heterocycles. The Balaban J connectivity index is 1.60. The van der Waals surface area contributed by atoms with Crippen LogP contribution in [0.3, 0.4) is 0 Å². The second-order valence-corrected chi connectivity index (χ2v) is 11.7. The Morgan fingerprint density at radius 2 is 1.60 bits per heavy atom. The Morgan fingerprint density at radius 3 is 2.15 bits per heavy atom. The van der Waals surface area contributed by atoms with Crippen LogP contribution in [-0.4, -0.2) is 76.1 Å². The molecule has 10 nitrogen and oxygen atoms in total. The van der Waals surface area contributed by atoms with Crippen molar-refractivity contribution in [2.24, 2.45) is 5.92 Å². The van der Waals surface area contributed by atoms with Crippen LogP contribution in [0.25, 0.3) is 11.3 Å². The van der Waals surface area contributed by atoms with Gasteiger partial charge in [0.25, 0.3) is 5.91 Å². The molecule has 1 aromatic carbocycles. The summed E-state index contributed by atoms with van der Waals surface area (Å²) in [5.74, 6) is -2.58. The van der Waals surface area contributed by atoms with Gasteiger partial charge >= 0.3 is 18.6 Å². The van der Waals surface area contributed by atoms with Crippen molar-refractivity contribution in [2.45, 2.75) is 77.5 Å². The summed E-state index contributed by atoms with van der Waals surface area (Å²) in [5, 5.41) is 13.2. The van der Waals surface area contributed by atoms with E-state index in [2.05, 4.69) is 10.3 Å². The number of Topliss-reactive ketones (excluding diaryl/α,β-unsaturated/α-hetero) is 1. The zero-order chi connectivity index (χ0) is 29.4. The quantitative estimate of drug-likeness (QED) is 0.431. The number of benzene rings is 1. The lowest BCUT2D eigenvalue weighted by molar-refractivity contribution is -0.840. The van der Waals surface area contributed by atoms with Crippen LogP contribution >= 0.6 is 0 Å². The average Bonchev–Trinajstić information content (AvgIpc) is 3.24. The van der Waals surface area contributed by atoms with Crippen molar-refractivity contribution >= 4 is 30.3 Å². The van der Waals surface area contributed by atoms with Gasteiger partial charge < -0.3 is 24.1 Å². The molecule has 2 fully saturated rings. The summed E-state index contributed by atoms with van der Waals surface area (Å²) in [6.45, 7) is 6.20. The van der Waals surface area contributed by atoms with Gasteiger partial charge in [-0.1, -0.05) is 56.7 Å². The maximum absolute atomic E-state index is 13.7. The van der Waals surface area contributed by atoms with Crippen molar-refractivity contribution in [3.8, 4) is 11.3 Å². The zero-order valence-corrected chi connectivity index (χ0v) is 23.9. The van der Waals surface area contributed by atoms with Crippen molar-refractivity contribution in [1.29, 1.82) is 0 Å². The van der Waals surface area contributed by atoms with Gasteiger partial charge in [-0.05, 0) is 51.1 Å². The zero-order valence-electron chi connectivity index (χ0n) is 23.9. The molecule has 4 rings (SSSR count). The van der Waals surface area contributed by atoms with Crippen LogP contribution in [0.1, 0.15) is 57.9 Å². The van der Waals surface area contributed by atoms with Crippen molar-refractivity contribution < 1.29 is 38.0 Å². The Kier molecular flexibility index (Phi) is 8.19. The first-order valence-corrected chi connectivity index (χ1v) is 13.8. The number of aromatic nitrogens is 1. The molecule has 0 aliphatic carbocycles. The molecule has 11 heteroatoms. The fourth-order valence-electron chi connectivity index (χ4n) is 6.25. The van der Waals surface area contributed by atoms with Crippen LogP contribution in [0.2, 0.25) is 5.82 Å². The molecule has 2 N–H and O–H groups in total. The van der Waals surface area contributed by atoms with Crippen molar-refractivity contribution in [3.05, 3.63) is 54.2 Å². The number of hydrogen-bond donors (Lipinski definition) is 2. The van der Waals surface area contributed by atoms with Crippen molar-refractivity contribution in [2.75, 3.05) is 7.05 Å². The van der Waals surface area contributed by atoms with E-state index >= 15 is 0 Å². The van der Waals surface area contributed by atoms with Crippen molar-refractivity contribution in [3.63, 3.8) is 0 Å². The molecule has 40 heavy (non-hydrogen) atoms. The summed E-state index contributed by atoms with van der Waals surface area (Å²) in [5.41, 5.74) is 1.53. The van der Waals surface area contributed by atoms with Crippen LogP contribution in [0.4, 0.5) is 0 Å². The largest absolute Gasteiger partial charge is 0.600 e. The summed E-state index contributed by atoms with van der Waals surface area (Å²) >= 11 is 0. The van der Waals surface area contributed by atoms with Crippen molar-refractivity contribution in [1.82, 2.24) is 10.3 Å². The highest BCUT2D eigenvalue weighted by molar-refractivity contribution is 6.68. The van der Waals surface area contributed by atoms with Gasteiger partial charge in [0.2, 0.25) is 0 Å². The van der Waals surface area contributed by atoms with Gasteiger partial charge in [0.1, 0.15) is 23.8 Å². The van der Waals surface area contributed by atoms with E-state index in [-0.39, 0.29) is 22.4 Å². The predicted molar refractivity (Wildman–Crippen MR) is 148 cm³/mol. The summed E-state index contributed by atoms with van der Waals surface area (Å²) in [7, 11) is 1.77. The van der Waals surface area contributed by atoms with Gasteiger partial charge in [-0.15, -0.1) is 0 Å². The second-order valence-electron chi connectivity index (χ2n) is 11.7. The van der Waals surface area contributed by atoms with Crippen LogP contribution < -0.4 is 5.32 Å². The lowest BCUT2D eigenvalue weighted by Gasteiger charge is -2.49. The predicted octanol–water partition coefficient (Wildman–Crippen LogP) is 2.88. The number of nitrogens with zero attached hydrogens (tertiary/aromatic N) is 2. The highest BCUT2D eigenvalue weighted by Crippen LogP contribution is 2.50. The third kappa shape index (κ3) is 5.04. The minimum absolute atomic E-state index is 0.0652. The molecule has 7 atom stereocenters. The van der Waals surface area contributed by atoms with Gasteiger partial charge in [-0.3, -0.25) is 9.59 Å². The maximum atomic E-state index is 13.7. The Bertz CT molecular complexity index is 1280. The molecule has 214 valence electrons. The normalized spacial score (nSPS) is 27.9. The van der Waals surface area contributed by atoms with Crippen LogP contribution in [0.5, 0.6) is 0 Å². The molecule has 3 heterocycles. The first kappa shape index (κ1) is 29.4. The highest BCUT2D eigenvalue weighted by atomic mass is 16.7. The van der Waals surface area contributed by atoms with E-state index in [0.29, 0.717) is 12.1 Å². The molecule has 2 aromatic rings. The van der Waals surface area contributed by atoms with Gasteiger partial charge in [0.05, 0.1) is 11.8 Å². The number of ketones is 1. The minimum Gasteiger partial charge on any atom is -0.600 e. The molecule has 1 aromatic heterocycles. The molecule has 1 amide bonds. The summed E-state index contributed by atoms with van der Waals surface area (Å²) in [6, 6.07) is 11.8. The van der Waals surface area contributed by atoms with E-state index < -0.39 is 60.4 Å². The Hall–Kier alpha value is -3.57. The molecule has 0 bridgehead atoms. The average molecular weight is 551 g/mol. The number of carbonyl (C=O) groups is 4. The summed E-state index contributed by atoms with van der Waals surface area (Å²) in [4.78, 5) is 57.0. The number of amides is 1. The highest BCUT2D eigenvalue weighted by Gasteiger charge is 2.74. The number of likely N-dealkylation sites (N-methyl/N-ethyl adjacent to an activating group) is 1. The molecular weight excluding hydrogens is 513 g/mol. The monoisotopic (exact) mass is 551 g/mol. The maximum Gasteiger partial charge on any atom is 0.587 e. The topological polar surface area (TPSA) is 132 Å². The Morgan fingerprint density at radius 1 is 1.00 bits per heavy atom. The molecule has 0 saturated carbocycles. The molecule has 2 aliphatic rings. The number of hydrogen-bond acceptors (Lipinski definition) is 8. The minimum atomic E-state index is -2.56. The van der Waals surface area contributed by atoms with Gasteiger partial charge in [0, 0.05) is 12.6 Å². The van der Waals surface area contributed by atoms with E-state index in [1.54, 1.807) is 33.0 Å². The summed E-state index contributed by atoms with van der Waals surface area (Å²) < 4.78 is 11.7. The van der Waals surface area contributed by atoms with E-state index in [1.807, 2.05) is 44.2 Å². The molecule has 0 spiro atoms. The lowest BCUT2D eigenvalue weighted by Crippen LogP contribution is -2.68. The number of pyridine rings is 1. The molecule has 0 radical (unpaired) electrons. The number of aliphatic hydroxyl groups excluding tert-OH is 1.